The summed E-state index contributed by atoms with van der Waals surface area (Å²) in [5.41, 5.74) is 0. The van der Waals surface area contributed by atoms with Crippen molar-refractivity contribution in [2.75, 3.05) is 26.8 Å². The van der Waals surface area contributed by atoms with Gasteiger partial charge in [0.05, 0.1) is 24.4 Å². The second kappa shape index (κ2) is 5.45. The topological polar surface area (TPSA) is 56.3 Å². The van der Waals surface area contributed by atoms with Crippen LogP contribution in [0.5, 0.6) is 11.9 Å². The van der Waals surface area contributed by atoms with Crippen LogP contribution >= 0.6 is 15.9 Å². The Labute approximate surface area is 103 Å². The summed E-state index contributed by atoms with van der Waals surface area (Å²) in [4.78, 5) is 8.20. The van der Waals surface area contributed by atoms with Gasteiger partial charge in [-0.1, -0.05) is 0 Å². The molecule has 1 fully saturated rings. The van der Waals surface area contributed by atoms with E-state index >= 15 is 0 Å². The first kappa shape index (κ1) is 11.6. The Bertz CT molecular complexity index is 356. The van der Waals surface area contributed by atoms with Crippen molar-refractivity contribution in [2.24, 2.45) is 5.92 Å². The van der Waals surface area contributed by atoms with Crippen molar-refractivity contribution in [3.63, 3.8) is 0 Å². The molecule has 0 aromatic carbocycles. The smallest absolute Gasteiger partial charge is 0.319 e. The van der Waals surface area contributed by atoms with E-state index in [4.69, 9.17) is 9.47 Å². The quantitative estimate of drug-likeness (QED) is 0.903. The summed E-state index contributed by atoms with van der Waals surface area (Å²) in [6, 6.07) is 0.368. The molecular formula is C10H14BrN3O2. The van der Waals surface area contributed by atoms with E-state index in [0.717, 1.165) is 24.0 Å². The van der Waals surface area contributed by atoms with Crippen LogP contribution in [0.1, 0.15) is 6.42 Å². The van der Waals surface area contributed by atoms with Crippen LogP contribution in [-0.2, 0) is 0 Å². The van der Waals surface area contributed by atoms with Gasteiger partial charge in [-0.05, 0) is 28.9 Å². The summed E-state index contributed by atoms with van der Waals surface area (Å²) in [7, 11) is 1.57. The summed E-state index contributed by atoms with van der Waals surface area (Å²) >= 11 is 3.29. The monoisotopic (exact) mass is 287 g/mol. The third-order valence-electron chi connectivity index (χ3n) is 2.49. The second-order valence-electron chi connectivity index (χ2n) is 3.68. The largest absolute Gasteiger partial charge is 0.480 e. The summed E-state index contributed by atoms with van der Waals surface area (Å²) in [6.45, 7) is 2.73. The van der Waals surface area contributed by atoms with Gasteiger partial charge in [-0.15, -0.1) is 0 Å². The van der Waals surface area contributed by atoms with Crippen molar-refractivity contribution in [1.82, 2.24) is 15.3 Å². The van der Waals surface area contributed by atoms with Crippen LogP contribution in [0.2, 0.25) is 0 Å². The van der Waals surface area contributed by atoms with E-state index in [-0.39, 0.29) is 0 Å². The zero-order chi connectivity index (χ0) is 11.4. The molecule has 1 saturated heterocycles. The molecule has 1 aliphatic rings. The molecular weight excluding hydrogens is 274 g/mol. The van der Waals surface area contributed by atoms with Gasteiger partial charge in [-0.2, -0.15) is 4.98 Å². The Morgan fingerprint density at radius 3 is 3.19 bits per heavy atom. The molecule has 1 aromatic rings. The van der Waals surface area contributed by atoms with Crippen LogP contribution in [-0.4, -0.2) is 36.8 Å². The Hall–Kier alpha value is -0.880. The molecule has 1 atom stereocenters. The van der Waals surface area contributed by atoms with E-state index in [0.29, 0.717) is 24.4 Å². The highest BCUT2D eigenvalue weighted by Crippen LogP contribution is 2.23. The lowest BCUT2D eigenvalue weighted by atomic mass is 10.1. The molecule has 88 valence electrons. The molecule has 1 aromatic heterocycles. The highest BCUT2D eigenvalue weighted by Gasteiger charge is 2.16. The van der Waals surface area contributed by atoms with Crippen LogP contribution < -0.4 is 14.8 Å². The van der Waals surface area contributed by atoms with E-state index in [9.17, 15) is 0 Å². The summed E-state index contributed by atoms with van der Waals surface area (Å²) < 4.78 is 11.3. The minimum absolute atomic E-state index is 0.368. The van der Waals surface area contributed by atoms with E-state index < -0.39 is 0 Å². The maximum absolute atomic E-state index is 5.52. The molecule has 0 amide bonds. The molecule has 5 nitrogen and oxygen atoms in total. The van der Waals surface area contributed by atoms with E-state index in [1.54, 1.807) is 13.3 Å². The van der Waals surface area contributed by atoms with Crippen molar-refractivity contribution in [3.8, 4) is 11.9 Å². The lowest BCUT2D eigenvalue weighted by molar-refractivity contribution is 0.237. The zero-order valence-corrected chi connectivity index (χ0v) is 10.7. The summed E-state index contributed by atoms with van der Waals surface area (Å²) in [5, 5.41) is 3.29. The van der Waals surface area contributed by atoms with Gasteiger partial charge in [-0.25, -0.2) is 4.98 Å². The van der Waals surface area contributed by atoms with Crippen molar-refractivity contribution in [3.05, 3.63) is 10.7 Å². The highest BCUT2D eigenvalue weighted by molar-refractivity contribution is 9.10. The lowest BCUT2D eigenvalue weighted by Gasteiger charge is -2.10. The van der Waals surface area contributed by atoms with Crippen molar-refractivity contribution in [2.45, 2.75) is 6.42 Å². The van der Waals surface area contributed by atoms with Crippen molar-refractivity contribution >= 4 is 15.9 Å². The van der Waals surface area contributed by atoms with Crippen LogP contribution in [0.3, 0.4) is 0 Å². The number of hydrogen-bond donors (Lipinski definition) is 1. The van der Waals surface area contributed by atoms with Gasteiger partial charge in [0.2, 0.25) is 5.88 Å². The number of aromatic nitrogens is 2. The van der Waals surface area contributed by atoms with Crippen molar-refractivity contribution in [1.29, 1.82) is 0 Å². The molecule has 16 heavy (non-hydrogen) atoms. The fourth-order valence-electron chi connectivity index (χ4n) is 1.60. The molecule has 1 aliphatic heterocycles. The average molecular weight is 288 g/mol. The van der Waals surface area contributed by atoms with Gasteiger partial charge in [0, 0.05) is 12.5 Å². The third kappa shape index (κ3) is 2.82. The fraction of sp³-hybridized carbons (Fsp3) is 0.600. The molecule has 1 unspecified atom stereocenters. The molecule has 0 bridgehead atoms. The zero-order valence-electron chi connectivity index (χ0n) is 9.07. The van der Waals surface area contributed by atoms with Gasteiger partial charge >= 0.3 is 6.01 Å². The lowest BCUT2D eigenvalue weighted by Crippen LogP contribution is -2.16. The molecule has 0 aliphatic carbocycles. The number of methoxy groups -OCH3 is 1. The fourth-order valence-corrected chi connectivity index (χ4v) is 1.95. The summed E-state index contributed by atoms with van der Waals surface area (Å²) in [6.07, 6.45) is 2.78. The number of rotatable bonds is 4. The highest BCUT2D eigenvalue weighted by atomic mass is 79.9. The van der Waals surface area contributed by atoms with E-state index in [1.807, 2.05) is 0 Å². The normalized spacial score (nSPS) is 19.8. The Morgan fingerprint density at radius 1 is 1.62 bits per heavy atom. The number of ether oxygens (including phenoxy) is 2. The molecule has 1 N–H and O–H groups in total. The minimum atomic E-state index is 0.368. The standard InChI is InChI=1S/C10H14BrN3O2/c1-15-9-8(11)5-13-10(14-9)16-6-7-2-3-12-4-7/h5,7,12H,2-4,6H2,1H3. The Morgan fingerprint density at radius 2 is 2.50 bits per heavy atom. The molecule has 2 rings (SSSR count). The maximum Gasteiger partial charge on any atom is 0.319 e. The van der Waals surface area contributed by atoms with Gasteiger partial charge in [0.15, 0.2) is 0 Å². The summed E-state index contributed by atoms with van der Waals surface area (Å²) in [5.74, 6) is 1.05. The van der Waals surface area contributed by atoms with Crippen molar-refractivity contribution < 1.29 is 9.47 Å². The van der Waals surface area contributed by atoms with Gasteiger partial charge in [-0.3, -0.25) is 0 Å². The van der Waals surface area contributed by atoms with Gasteiger partial charge < -0.3 is 14.8 Å². The molecule has 6 heteroatoms. The Kier molecular flexibility index (Phi) is 3.95. The number of halogens is 1. The van der Waals surface area contributed by atoms with Gasteiger partial charge in [0.1, 0.15) is 0 Å². The number of nitrogens with zero attached hydrogens (tertiary/aromatic N) is 2. The first-order valence-corrected chi connectivity index (χ1v) is 5.99. The predicted molar refractivity (Wildman–Crippen MR) is 62.8 cm³/mol. The van der Waals surface area contributed by atoms with Crippen LogP contribution in [0.15, 0.2) is 10.7 Å². The maximum atomic E-state index is 5.52. The predicted octanol–water partition coefficient (Wildman–Crippen LogP) is 1.24. The number of hydrogen-bond acceptors (Lipinski definition) is 5. The average Bonchev–Trinajstić information content (AvgIpc) is 2.81. The first-order valence-electron chi connectivity index (χ1n) is 5.19. The molecule has 0 radical (unpaired) electrons. The molecule has 0 saturated carbocycles. The van der Waals surface area contributed by atoms with Crippen LogP contribution in [0, 0.1) is 5.92 Å². The first-order chi connectivity index (χ1) is 7.79. The Balaban J connectivity index is 1.93. The SMILES string of the molecule is COc1nc(OCC2CCNC2)ncc1Br. The molecule has 0 spiro atoms. The third-order valence-corrected chi connectivity index (χ3v) is 3.04. The number of nitrogens with one attached hydrogen (secondary N) is 1. The van der Waals surface area contributed by atoms with E-state index in [1.165, 1.54) is 0 Å². The van der Waals surface area contributed by atoms with E-state index in [2.05, 4.69) is 31.2 Å². The van der Waals surface area contributed by atoms with Crippen LogP contribution in [0.4, 0.5) is 0 Å². The second-order valence-corrected chi connectivity index (χ2v) is 4.53. The molecule has 2 heterocycles. The van der Waals surface area contributed by atoms with Gasteiger partial charge in [0.25, 0.3) is 0 Å². The van der Waals surface area contributed by atoms with Crippen LogP contribution in [0.25, 0.3) is 0 Å². The minimum Gasteiger partial charge on any atom is -0.480 e.